The van der Waals surface area contributed by atoms with Crippen LogP contribution in [0.4, 0.5) is 15.9 Å². The molecule has 4 rings (SSSR count). The van der Waals surface area contributed by atoms with Crippen LogP contribution in [-0.2, 0) is 4.74 Å². The Balaban J connectivity index is 1.30. The van der Waals surface area contributed by atoms with Gasteiger partial charge in [-0.2, -0.15) is 0 Å². The lowest BCUT2D eigenvalue weighted by atomic mass is 10.1. The van der Waals surface area contributed by atoms with E-state index in [1.807, 2.05) is 32.0 Å². The number of piperidine rings is 1. The van der Waals surface area contributed by atoms with Crippen LogP contribution >= 0.6 is 0 Å². The summed E-state index contributed by atoms with van der Waals surface area (Å²) in [4.78, 5) is 23.9. The number of aryl methyl sites for hydroxylation is 1. The first-order chi connectivity index (χ1) is 18.0. The summed E-state index contributed by atoms with van der Waals surface area (Å²) in [5.41, 5.74) is 1.35. The summed E-state index contributed by atoms with van der Waals surface area (Å²) in [5, 5.41) is 2.86. The van der Waals surface area contributed by atoms with Crippen LogP contribution in [0.25, 0.3) is 0 Å². The number of nitrogens with one attached hydrogen (secondary N) is 1. The van der Waals surface area contributed by atoms with Gasteiger partial charge in [0, 0.05) is 63.0 Å². The van der Waals surface area contributed by atoms with Gasteiger partial charge in [-0.3, -0.25) is 4.79 Å². The van der Waals surface area contributed by atoms with Crippen molar-refractivity contribution in [1.29, 1.82) is 0 Å². The normalized spacial score (nSPS) is 13.9. The summed E-state index contributed by atoms with van der Waals surface area (Å²) < 4.78 is 30.1. The summed E-state index contributed by atoms with van der Waals surface area (Å²) in [6.07, 6.45) is 2.45. The third kappa shape index (κ3) is 7.88. The van der Waals surface area contributed by atoms with Crippen LogP contribution in [0.2, 0.25) is 0 Å². The Labute approximate surface area is 216 Å². The van der Waals surface area contributed by atoms with Crippen LogP contribution in [0.1, 0.15) is 42.5 Å². The Kier molecular flexibility index (Phi) is 9.26. The highest BCUT2D eigenvalue weighted by Gasteiger charge is 2.23. The van der Waals surface area contributed by atoms with Crippen molar-refractivity contribution < 1.29 is 23.4 Å². The number of hydrogen-bond acceptors (Lipinski definition) is 7. The number of hydrogen-bond donors (Lipinski definition) is 1. The lowest BCUT2D eigenvalue weighted by Gasteiger charge is -2.33. The highest BCUT2D eigenvalue weighted by molar-refractivity contribution is 6.01. The number of carbonyl (C=O) groups is 1. The van der Waals surface area contributed by atoms with E-state index in [1.54, 1.807) is 24.3 Å². The fourth-order valence-electron chi connectivity index (χ4n) is 4.04. The van der Waals surface area contributed by atoms with Gasteiger partial charge < -0.3 is 24.4 Å². The number of aromatic nitrogens is 2. The topological polar surface area (TPSA) is 85.8 Å². The summed E-state index contributed by atoms with van der Waals surface area (Å²) in [5.74, 6) is 1.58. The first kappa shape index (κ1) is 26.3. The number of halogens is 1. The van der Waals surface area contributed by atoms with Crippen molar-refractivity contribution in [2.24, 2.45) is 0 Å². The van der Waals surface area contributed by atoms with E-state index in [0.717, 1.165) is 43.8 Å². The van der Waals surface area contributed by atoms with Gasteiger partial charge in [0.15, 0.2) is 0 Å². The SMILES string of the molecule is CCOCCCOc1ccc(NC(=O)c2nc(C)cc(N3CCC(Oc4ccc(F)cc4)CC3)n2)cc1. The van der Waals surface area contributed by atoms with Crippen molar-refractivity contribution in [3.63, 3.8) is 0 Å². The number of ether oxygens (including phenoxy) is 3. The van der Waals surface area contributed by atoms with Gasteiger partial charge in [0.1, 0.15) is 29.2 Å². The minimum atomic E-state index is -0.370. The number of benzene rings is 2. The first-order valence-electron chi connectivity index (χ1n) is 12.6. The molecule has 0 bridgehead atoms. The minimum absolute atomic E-state index is 0.0454. The Bertz CT molecular complexity index is 1150. The van der Waals surface area contributed by atoms with E-state index in [2.05, 4.69) is 20.2 Å². The third-order valence-corrected chi connectivity index (χ3v) is 5.94. The summed E-state index contributed by atoms with van der Waals surface area (Å²) in [6.45, 7) is 7.22. The van der Waals surface area contributed by atoms with Crippen molar-refractivity contribution in [1.82, 2.24) is 9.97 Å². The third-order valence-electron chi connectivity index (χ3n) is 5.94. The van der Waals surface area contributed by atoms with Crippen LogP contribution in [0.5, 0.6) is 11.5 Å². The van der Waals surface area contributed by atoms with E-state index in [1.165, 1.54) is 12.1 Å². The molecule has 1 aromatic heterocycles. The van der Waals surface area contributed by atoms with E-state index < -0.39 is 0 Å². The molecule has 1 N–H and O–H groups in total. The Hall–Kier alpha value is -3.72. The van der Waals surface area contributed by atoms with Gasteiger partial charge in [-0.15, -0.1) is 0 Å². The highest BCUT2D eigenvalue weighted by Crippen LogP contribution is 2.23. The van der Waals surface area contributed by atoms with E-state index >= 15 is 0 Å². The van der Waals surface area contributed by atoms with Crippen molar-refractivity contribution >= 4 is 17.4 Å². The number of amides is 1. The van der Waals surface area contributed by atoms with Crippen molar-refractivity contribution in [2.45, 2.75) is 39.2 Å². The molecule has 8 nitrogen and oxygen atoms in total. The molecule has 3 aromatic rings. The molecule has 0 radical (unpaired) electrons. The quantitative estimate of drug-likeness (QED) is 0.364. The van der Waals surface area contributed by atoms with Crippen LogP contribution in [0, 0.1) is 12.7 Å². The molecule has 1 amide bonds. The molecule has 1 saturated heterocycles. The second-order valence-electron chi connectivity index (χ2n) is 8.83. The fraction of sp³-hybridized carbons (Fsp3) is 0.393. The molecule has 0 aliphatic carbocycles. The zero-order valence-corrected chi connectivity index (χ0v) is 21.3. The molecule has 1 aliphatic rings. The lowest BCUT2D eigenvalue weighted by Crippen LogP contribution is -2.39. The second-order valence-corrected chi connectivity index (χ2v) is 8.83. The largest absolute Gasteiger partial charge is 0.494 e. The van der Waals surface area contributed by atoms with Crippen LogP contribution < -0.4 is 19.7 Å². The molecule has 2 heterocycles. The lowest BCUT2D eigenvalue weighted by molar-refractivity contribution is 0.101. The van der Waals surface area contributed by atoms with Crippen LogP contribution in [-0.4, -0.2) is 54.9 Å². The minimum Gasteiger partial charge on any atom is -0.494 e. The van der Waals surface area contributed by atoms with Gasteiger partial charge >= 0.3 is 0 Å². The Morgan fingerprint density at radius 3 is 2.43 bits per heavy atom. The molecule has 0 saturated carbocycles. The average molecular weight is 509 g/mol. The van der Waals surface area contributed by atoms with Crippen molar-refractivity contribution in [2.75, 3.05) is 43.1 Å². The zero-order chi connectivity index (χ0) is 26.0. The molecule has 9 heteroatoms. The van der Waals surface area contributed by atoms with Gasteiger partial charge in [0.05, 0.1) is 6.61 Å². The highest BCUT2D eigenvalue weighted by atomic mass is 19.1. The summed E-state index contributed by atoms with van der Waals surface area (Å²) >= 11 is 0. The standard InChI is InChI=1S/C28H33FN4O4/c1-3-35-17-4-18-36-23-11-7-22(8-12-23)31-28(34)27-30-20(2)19-26(32-27)33-15-13-25(14-16-33)37-24-9-5-21(29)6-10-24/h5-12,19,25H,3-4,13-18H2,1-2H3,(H,31,34). The fourth-order valence-corrected chi connectivity index (χ4v) is 4.04. The van der Waals surface area contributed by atoms with Crippen LogP contribution in [0.3, 0.4) is 0 Å². The summed E-state index contributed by atoms with van der Waals surface area (Å²) in [6, 6.07) is 15.2. The van der Waals surface area contributed by atoms with Crippen molar-refractivity contribution in [3.8, 4) is 11.5 Å². The van der Waals surface area contributed by atoms with Gasteiger partial charge in [-0.1, -0.05) is 0 Å². The number of rotatable bonds is 11. The predicted octanol–water partition coefficient (Wildman–Crippen LogP) is 5.03. The van der Waals surface area contributed by atoms with Gasteiger partial charge in [0.25, 0.3) is 5.91 Å². The van der Waals surface area contributed by atoms with Crippen molar-refractivity contribution in [3.05, 3.63) is 71.9 Å². The molecular weight excluding hydrogens is 475 g/mol. The van der Waals surface area contributed by atoms with Gasteiger partial charge in [0.2, 0.25) is 5.82 Å². The first-order valence-corrected chi connectivity index (χ1v) is 12.6. The molecule has 1 fully saturated rings. The average Bonchev–Trinajstić information content (AvgIpc) is 2.91. The number of carbonyl (C=O) groups excluding carboxylic acids is 1. The maximum atomic E-state index is 13.1. The van der Waals surface area contributed by atoms with E-state index in [-0.39, 0.29) is 23.7 Å². The zero-order valence-electron chi connectivity index (χ0n) is 21.3. The predicted molar refractivity (Wildman–Crippen MR) is 140 cm³/mol. The van der Waals surface area contributed by atoms with Gasteiger partial charge in [-0.05, 0) is 62.4 Å². The molecule has 1 aliphatic heterocycles. The summed E-state index contributed by atoms with van der Waals surface area (Å²) in [7, 11) is 0. The number of nitrogens with zero attached hydrogens (tertiary/aromatic N) is 3. The van der Waals surface area contributed by atoms with E-state index in [4.69, 9.17) is 14.2 Å². The molecule has 0 atom stereocenters. The van der Waals surface area contributed by atoms with E-state index in [0.29, 0.717) is 37.1 Å². The molecule has 37 heavy (non-hydrogen) atoms. The monoisotopic (exact) mass is 508 g/mol. The molecule has 2 aromatic carbocycles. The molecule has 196 valence electrons. The molecule has 0 spiro atoms. The van der Waals surface area contributed by atoms with E-state index in [9.17, 15) is 9.18 Å². The molecular formula is C28H33FN4O4. The Morgan fingerprint density at radius 1 is 1.03 bits per heavy atom. The van der Waals surface area contributed by atoms with Crippen LogP contribution in [0.15, 0.2) is 54.6 Å². The number of anilines is 2. The molecule has 0 unspecified atom stereocenters. The maximum absolute atomic E-state index is 13.1. The van der Waals surface area contributed by atoms with Gasteiger partial charge in [-0.25, -0.2) is 14.4 Å². The Morgan fingerprint density at radius 2 is 1.73 bits per heavy atom. The smallest absolute Gasteiger partial charge is 0.293 e. The second kappa shape index (κ2) is 13.0. The maximum Gasteiger partial charge on any atom is 0.293 e.